The van der Waals surface area contributed by atoms with Gasteiger partial charge in [-0.2, -0.15) is 0 Å². The SMILES string of the molecule is CN(C)CCNC(=O)c1ccc(-c2ncc[nH]2)cc1. The van der Waals surface area contributed by atoms with Gasteiger partial charge in [0.15, 0.2) is 0 Å². The molecule has 0 saturated carbocycles. The number of nitrogens with one attached hydrogen (secondary N) is 2. The largest absolute Gasteiger partial charge is 0.351 e. The first-order chi connectivity index (χ1) is 9.16. The first-order valence-electron chi connectivity index (χ1n) is 6.19. The van der Waals surface area contributed by atoms with Crippen molar-refractivity contribution in [3.05, 3.63) is 42.2 Å². The standard InChI is InChI=1S/C14H18N4O/c1-18(2)10-9-17-14(19)12-5-3-11(4-6-12)13-15-7-8-16-13/h3-8H,9-10H2,1-2H3,(H,15,16)(H,17,19). The van der Waals surface area contributed by atoms with Gasteiger partial charge in [-0.3, -0.25) is 4.79 Å². The maximum atomic E-state index is 11.9. The van der Waals surface area contributed by atoms with Crippen LogP contribution in [0.4, 0.5) is 0 Å². The zero-order valence-electron chi connectivity index (χ0n) is 11.2. The molecule has 1 heterocycles. The number of carbonyl (C=O) groups excluding carboxylic acids is 1. The molecule has 0 saturated heterocycles. The number of carbonyl (C=O) groups is 1. The fourth-order valence-electron chi connectivity index (χ4n) is 1.70. The second-order valence-corrected chi connectivity index (χ2v) is 4.57. The summed E-state index contributed by atoms with van der Waals surface area (Å²) in [5, 5.41) is 2.88. The molecule has 2 rings (SSSR count). The lowest BCUT2D eigenvalue weighted by Crippen LogP contribution is -2.31. The highest BCUT2D eigenvalue weighted by Crippen LogP contribution is 2.14. The maximum absolute atomic E-state index is 11.9. The minimum Gasteiger partial charge on any atom is -0.351 e. The summed E-state index contributed by atoms with van der Waals surface area (Å²) in [6, 6.07) is 7.39. The number of rotatable bonds is 5. The van der Waals surface area contributed by atoms with Gasteiger partial charge < -0.3 is 15.2 Å². The number of amides is 1. The first-order valence-corrected chi connectivity index (χ1v) is 6.19. The Morgan fingerprint density at radius 1 is 1.32 bits per heavy atom. The van der Waals surface area contributed by atoms with Gasteiger partial charge >= 0.3 is 0 Å². The van der Waals surface area contributed by atoms with Crippen molar-refractivity contribution in [2.75, 3.05) is 27.2 Å². The Balaban J connectivity index is 1.96. The van der Waals surface area contributed by atoms with Crippen LogP contribution >= 0.6 is 0 Å². The molecular weight excluding hydrogens is 240 g/mol. The number of imidazole rings is 1. The molecule has 1 amide bonds. The van der Waals surface area contributed by atoms with Crippen LogP contribution in [0, 0.1) is 0 Å². The Kier molecular flexibility index (Phi) is 4.30. The lowest BCUT2D eigenvalue weighted by molar-refractivity contribution is 0.0951. The lowest BCUT2D eigenvalue weighted by atomic mass is 10.1. The molecular formula is C14H18N4O. The molecule has 2 aromatic rings. The molecule has 100 valence electrons. The van der Waals surface area contributed by atoms with Crippen LogP contribution in [-0.4, -0.2) is 48.0 Å². The zero-order chi connectivity index (χ0) is 13.7. The molecule has 0 unspecified atom stereocenters. The lowest BCUT2D eigenvalue weighted by Gasteiger charge is -2.10. The highest BCUT2D eigenvalue weighted by molar-refractivity contribution is 5.94. The predicted molar refractivity (Wildman–Crippen MR) is 74.9 cm³/mol. The summed E-state index contributed by atoms with van der Waals surface area (Å²) in [6.45, 7) is 1.47. The molecule has 1 aromatic heterocycles. The first kappa shape index (κ1) is 13.3. The van der Waals surface area contributed by atoms with E-state index in [9.17, 15) is 4.79 Å². The van der Waals surface area contributed by atoms with Crippen molar-refractivity contribution >= 4 is 5.91 Å². The van der Waals surface area contributed by atoms with E-state index in [4.69, 9.17) is 0 Å². The number of aromatic amines is 1. The summed E-state index contributed by atoms with van der Waals surface area (Å²) in [7, 11) is 3.95. The van der Waals surface area contributed by atoms with E-state index in [1.165, 1.54) is 0 Å². The van der Waals surface area contributed by atoms with Crippen LogP contribution in [0.5, 0.6) is 0 Å². The Morgan fingerprint density at radius 3 is 2.63 bits per heavy atom. The number of aromatic nitrogens is 2. The highest BCUT2D eigenvalue weighted by atomic mass is 16.1. The van der Waals surface area contributed by atoms with E-state index in [1.807, 2.05) is 43.3 Å². The fourth-order valence-corrected chi connectivity index (χ4v) is 1.70. The number of likely N-dealkylation sites (N-methyl/N-ethyl adjacent to an activating group) is 1. The van der Waals surface area contributed by atoms with Crippen molar-refractivity contribution in [3.63, 3.8) is 0 Å². The molecule has 0 spiro atoms. The zero-order valence-corrected chi connectivity index (χ0v) is 11.2. The molecule has 0 bridgehead atoms. The summed E-state index contributed by atoms with van der Waals surface area (Å²) in [6.07, 6.45) is 3.48. The van der Waals surface area contributed by atoms with Crippen molar-refractivity contribution in [2.45, 2.75) is 0 Å². The second kappa shape index (κ2) is 6.15. The number of H-pyrrole nitrogens is 1. The average Bonchev–Trinajstić information content (AvgIpc) is 2.92. The second-order valence-electron chi connectivity index (χ2n) is 4.57. The van der Waals surface area contributed by atoms with Gasteiger partial charge in [0.05, 0.1) is 0 Å². The van der Waals surface area contributed by atoms with Crippen molar-refractivity contribution in [1.29, 1.82) is 0 Å². The molecule has 2 N–H and O–H groups in total. The van der Waals surface area contributed by atoms with Crippen LogP contribution in [0.25, 0.3) is 11.4 Å². The minimum absolute atomic E-state index is 0.0483. The van der Waals surface area contributed by atoms with E-state index >= 15 is 0 Å². The Bertz CT molecular complexity index is 517. The fraction of sp³-hybridized carbons (Fsp3) is 0.286. The number of nitrogens with zero attached hydrogens (tertiary/aromatic N) is 2. The molecule has 1 aromatic carbocycles. The Hall–Kier alpha value is -2.14. The topological polar surface area (TPSA) is 61.0 Å². The van der Waals surface area contributed by atoms with Crippen LogP contribution in [0.1, 0.15) is 10.4 Å². The van der Waals surface area contributed by atoms with Gasteiger partial charge in [-0.1, -0.05) is 12.1 Å². The molecule has 0 aliphatic heterocycles. The third kappa shape index (κ3) is 3.66. The molecule has 0 fully saturated rings. The van der Waals surface area contributed by atoms with E-state index in [2.05, 4.69) is 15.3 Å². The quantitative estimate of drug-likeness (QED) is 0.851. The molecule has 0 atom stereocenters. The van der Waals surface area contributed by atoms with Gasteiger partial charge in [-0.15, -0.1) is 0 Å². The van der Waals surface area contributed by atoms with Gasteiger partial charge in [0.25, 0.3) is 5.91 Å². The monoisotopic (exact) mass is 258 g/mol. The molecule has 5 heteroatoms. The van der Waals surface area contributed by atoms with Crippen LogP contribution in [0.15, 0.2) is 36.7 Å². The summed E-state index contributed by atoms with van der Waals surface area (Å²) in [4.78, 5) is 21.1. The van der Waals surface area contributed by atoms with E-state index in [1.54, 1.807) is 12.4 Å². The molecule has 0 aliphatic rings. The summed E-state index contributed by atoms with van der Waals surface area (Å²) in [5.41, 5.74) is 1.63. The van der Waals surface area contributed by atoms with Gasteiger partial charge in [-0.05, 0) is 26.2 Å². The van der Waals surface area contributed by atoms with Crippen molar-refractivity contribution in [2.24, 2.45) is 0 Å². The van der Waals surface area contributed by atoms with Gasteiger partial charge in [0.1, 0.15) is 5.82 Å². The Morgan fingerprint density at radius 2 is 2.05 bits per heavy atom. The third-order valence-corrected chi connectivity index (χ3v) is 2.76. The number of hydrogen-bond donors (Lipinski definition) is 2. The summed E-state index contributed by atoms with van der Waals surface area (Å²) in [5.74, 6) is 0.757. The molecule has 5 nitrogen and oxygen atoms in total. The minimum atomic E-state index is -0.0483. The normalized spacial score (nSPS) is 10.7. The van der Waals surface area contributed by atoms with E-state index in [0.717, 1.165) is 17.9 Å². The smallest absolute Gasteiger partial charge is 0.251 e. The number of hydrogen-bond acceptors (Lipinski definition) is 3. The third-order valence-electron chi connectivity index (χ3n) is 2.76. The van der Waals surface area contributed by atoms with Crippen LogP contribution < -0.4 is 5.32 Å². The molecule has 19 heavy (non-hydrogen) atoms. The predicted octanol–water partition coefficient (Wildman–Crippen LogP) is 1.37. The van der Waals surface area contributed by atoms with E-state index in [-0.39, 0.29) is 5.91 Å². The van der Waals surface area contributed by atoms with E-state index in [0.29, 0.717) is 12.1 Å². The number of benzene rings is 1. The van der Waals surface area contributed by atoms with Crippen LogP contribution in [0.3, 0.4) is 0 Å². The summed E-state index contributed by atoms with van der Waals surface area (Å²) >= 11 is 0. The summed E-state index contributed by atoms with van der Waals surface area (Å²) < 4.78 is 0. The molecule has 0 radical (unpaired) electrons. The van der Waals surface area contributed by atoms with Gasteiger partial charge in [0, 0.05) is 36.6 Å². The average molecular weight is 258 g/mol. The van der Waals surface area contributed by atoms with Crippen molar-refractivity contribution < 1.29 is 4.79 Å². The van der Waals surface area contributed by atoms with Crippen molar-refractivity contribution in [1.82, 2.24) is 20.2 Å². The van der Waals surface area contributed by atoms with Crippen LogP contribution in [0.2, 0.25) is 0 Å². The van der Waals surface area contributed by atoms with Gasteiger partial charge in [0.2, 0.25) is 0 Å². The van der Waals surface area contributed by atoms with E-state index < -0.39 is 0 Å². The highest BCUT2D eigenvalue weighted by Gasteiger charge is 2.06. The Labute approximate surface area is 112 Å². The van der Waals surface area contributed by atoms with Crippen LogP contribution in [-0.2, 0) is 0 Å². The van der Waals surface area contributed by atoms with Gasteiger partial charge in [-0.25, -0.2) is 4.98 Å². The maximum Gasteiger partial charge on any atom is 0.251 e. The van der Waals surface area contributed by atoms with Crippen molar-refractivity contribution in [3.8, 4) is 11.4 Å². The molecule has 0 aliphatic carbocycles.